The zero-order chi connectivity index (χ0) is 28.3. The van der Waals surface area contributed by atoms with Crippen LogP contribution in [-0.4, -0.2) is 44.5 Å². The predicted octanol–water partition coefficient (Wildman–Crippen LogP) is 5.63. The molecule has 0 aliphatic rings. The van der Waals surface area contributed by atoms with Crippen LogP contribution < -0.4 is 15.4 Å². The number of nitrogens with zero attached hydrogens (tertiary/aromatic N) is 1. The first-order valence-electron chi connectivity index (χ1n) is 12.2. The van der Waals surface area contributed by atoms with Crippen molar-refractivity contribution in [1.82, 2.24) is 10.6 Å². The van der Waals surface area contributed by atoms with Gasteiger partial charge in [0.25, 0.3) is 16.7 Å². The minimum Gasteiger partial charge on any atom is -0.496 e. The summed E-state index contributed by atoms with van der Waals surface area (Å²) < 4.78 is 25.2. The van der Waals surface area contributed by atoms with Gasteiger partial charge in [0.2, 0.25) is 0 Å². The number of rotatable bonds is 9. The van der Waals surface area contributed by atoms with E-state index in [9.17, 15) is 18.9 Å². The van der Waals surface area contributed by atoms with Gasteiger partial charge in [-0.25, -0.2) is 9.23 Å². The maximum absolute atomic E-state index is 13.6. The van der Waals surface area contributed by atoms with E-state index in [0.29, 0.717) is 44.9 Å². The molecule has 0 saturated heterocycles. The highest BCUT2D eigenvalue weighted by atomic mass is 19.1. The third kappa shape index (κ3) is 5.45. The Hall–Kier alpha value is -4.73. The summed E-state index contributed by atoms with van der Waals surface area (Å²) in [4.78, 5) is 44.0. The van der Waals surface area contributed by atoms with E-state index in [-0.39, 0.29) is 34.4 Å². The molecule has 202 valence electrons. The number of benzene rings is 3. The van der Waals surface area contributed by atoms with Gasteiger partial charge in [0.05, 0.1) is 29.2 Å². The summed E-state index contributed by atoms with van der Waals surface area (Å²) in [6, 6.07) is 13.5. The lowest BCUT2D eigenvalue weighted by molar-refractivity contribution is -0.736. The van der Waals surface area contributed by atoms with Crippen molar-refractivity contribution in [2.24, 2.45) is 5.92 Å². The van der Waals surface area contributed by atoms with Gasteiger partial charge in [-0.05, 0) is 54.4 Å². The first kappa shape index (κ1) is 27.3. The third-order valence-corrected chi connectivity index (χ3v) is 6.15. The zero-order valence-electron chi connectivity index (χ0n) is 22.3. The van der Waals surface area contributed by atoms with Crippen LogP contribution in [0.15, 0.2) is 59.0 Å². The molecule has 0 bridgehead atoms. The molecule has 2 amide bonds. The summed E-state index contributed by atoms with van der Waals surface area (Å²) in [5.74, 6) is -0.302. The van der Waals surface area contributed by atoms with Crippen LogP contribution >= 0.6 is 0 Å². The van der Waals surface area contributed by atoms with Crippen LogP contribution in [0.3, 0.4) is 0 Å². The smallest absolute Gasteiger partial charge is 0.328 e. The second-order valence-electron chi connectivity index (χ2n) is 9.22. The van der Waals surface area contributed by atoms with Gasteiger partial charge in [0.15, 0.2) is 7.11 Å². The summed E-state index contributed by atoms with van der Waals surface area (Å²) in [7, 11) is 4.18. The van der Waals surface area contributed by atoms with Crippen molar-refractivity contribution in [3.05, 3.63) is 76.4 Å². The second kappa shape index (κ2) is 11.3. The third-order valence-electron chi connectivity index (χ3n) is 6.15. The Morgan fingerprint density at radius 1 is 1.00 bits per heavy atom. The minimum absolute atomic E-state index is 0.0610. The van der Waals surface area contributed by atoms with Gasteiger partial charge in [-0.3, -0.25) is 9.59 Å². The molecule has 9 nitrogen and oxygen atoms in total. The van der Waals surface area contributed by atoms with Gasteiger partial charge in [0, 0.05) is 35.7 Å². The van der Waals surface area contributed by atoms with Crippen LogP contribution in [0.1, 0.15) is 34.6 Å². The molecule has 4 aromatic rings. The predicted molar refractivity (Wildman–Crippen MR) is 144 cm³/mol. The van der Waals surface area contributed by atoms with Crippen LogP contribution in [-0.2, 0) is 4.84 Å². The molecule has 4 rings (SSSR count). The van der Waals surface area contributed by atoms with Crippen molar-refractivity contribution in [1.29, 1.82) is 0 Å². The van der Waals surface area contributed by atoms with Crippen molar-refractivity contribution in [2.75, 3.05) is 27.8 Å². The van der Waals surface area contributed by atoms with E-state index in [2.05, 4.69) is 10.6 Å². The lowest BCUT2D eigenvalue weighted by Gasteiger charge is -2.12. The number of hydrogen-bond donors (Lipinski definition) is 2. The monoisotopic (exact) mass is 534 g/mol. The molecular formula is C29H29FN3O6+. The molecule has 0 saturated carbocycles. The van der Waals surface area contributed by atoms with Gasteiger partial charge in [0.1, 0.15) is 22.9 Å². The summed E-state index contributed by atoms with van der Waals surface area (Å²) in [5, 5.41) is 5.89. The Morgan fingerprint density at radius 2 is 1.72 bits per heavy atom. The molecular weight excluding hydrogens is 505 g/mol. The highest BCUT2D eigenvalue weighted by molar-refractivity contribution is 6.12. The summed E-state index contributed by atoms with van der Waals surface area (Å²) in [6.45, 7) is 4.47. The number of furan rings is 1. The summed E-state index contributed by atoms with van der Waals surface area (Å²) >= 11 is 0. The molecule has 0 atom stereocenters. The second-order valence-corrected chi connectivity index (χ2v) is 9.22. The van der Waals surface area contributed by atoms with Gasteiger partial charge in [-0.1, -0.05) is 13.8 Å². The van der Waals surface area contributed by atoms with Crippen LogP contribution in [0.5, 0.6) is 5.75 Å². The summed E-state index contributed by atoms with van der Waals surface area (Å²) in [5.41, 5.74) is 2.09. The van der Waals surface area contributed by atoms with Crippen LogP contribution in [0.4, 0.5) is 10.1 Å². The Kier molecular flexibility index (Phi) is 7.94. The van der Waals surface area contributed by atoms with Crippen LogP contribution in [0.25, 0.3) is 33.4 Å². The van der Waals surface area contributed by atoms with E-state index in [4.69, 9.17) is 14.0 Å². The number of halogens is 1. The van der Waals surface area contributed by atoms with Crippen molar-refractivity contribution in [3.63, 3.8) is 0 Å². The fraction of sp³-hybridized carbons (Fsp3) is 0.241. The highest BCUT2D eigenvalue weighted by Crippen LogP contribution is 2.43. The Bertz CT molecular complexity index is 1560. The van der Waals surface area contributed by atoms with E-state index >= 15 is 0 Å². The molecule has 0 spiro atoms. The van der Waals surface area contributed by atoms with Gasteiger partial charge >= 0.3 is 5.69 Å². The normalized spacial score (nSPS) is 10.9. The average Bonchev–Trinajstić information content (AvgIpc) is 3.32. The van der Waals surface area contributed by atoms with Gasteiger partial charge < -0.3 is 19.8 Å². The molecule has 1 aromatic heterocycles. The van der Waals surface area contributed by atoms with Gasteiger partial charge in [-0.15, -0.1) is 0 Å². The quantitative estimate of drug-likeness (QED) is 0.269. The standard InChI is InChI=1S/C29H28FN3O6/c1-16(2)15-32-28(34)18-8-11-24(37-4)21(12-18)20-13-22-25(14-23(20)33(36)38-5)39-27(26(22)29(35)31-3)17-6-9-19(30)10-7-17/h6-14,16H,15H2,1-5H3,(H-,31,32,34,35)/p+1. The molecule has 3 aromatic carbocycles. The van der Waals surface area contributed by atoms with E-state index in [1.165, 1.54) is 51.6 Å². The van der Waals surface area contributed by atoms with Crippen molar-refractivity contribution < 1.29 is 32.9 Å². The van der Waals surface area contributed by atoms with Crippen molar-refractivity contribution in [3.8, 4) is 28.2 Å². The molecule has 2 N–H and O–H groups in total. The number of methoxy groups -OCH3 is 1. The average molecular weight is 535 g/mol. The lowest BCUT2D eigenvalue weighted by atomic mass is 9.96. The van der Waals surface area contributed by atoms with E-state index in [1.807, 2.05) is 13.8 Å². The summed E-state index contributed by atoms with van der Waals surface area (Å²) in [6.07, 6.45) is 0. The minimum atomic E-state index is -0.439. The SMILES string of the molecule is CNC(=O)c1c(-c2ccc(F)cc2)oc2cc([N+](=O)OC)c(-c3cc(C(=O)NCC(C)C)ccc3OC)cc12. The molecule has 0 aliphatic carbocycles. The number of ether oxygens (including phenoxy) is 1. The maximum Gasteiger partial charge on any atom is 0.328 e. The van der Waals surface area contributed by atoms with E-state index in [1.54, 1.807) is 24.3 Å². The lowest BCUT2D eigenvalue weighted by Crippen LogP contribution is -2.27. The number of hydrogen-bond acceptors (Lipinski definition) is 6. The molecule has 39 heavy (non-hydrogen) atoms. The van der Waals surface area contributed by atoms with Crippen molar-refractivity contribution >= 4 is 28.5 Å². The number of carbonyl (C=O) groups is 2. The molecule has 0 unspecified atom stereocenters. The molecule has 0 fully saturated rings. The molecule has 0 radical (unpaired) electrons. The van der Waals surface area contributed by atoms with E-state index < -0.39 is 11.7 Å². The number of fused-ring (bicyclic) bond motifs is 1. The molecule has 10 heteroatoms. The fourth-order valence-electron chi connectivity index (χ4n) is 4.21. The number of carbonyl (C=O) groups excluding carboxylic acids is 2. The first-order valence-corrected chi connectivity index (χ1v) is 12.2. The maximum atomic E-state index is 13.6. The number of nitrogens with one attached hydrogen (secondary N) is 2. The Labute approximate surface area is 224 Å². The van der Waals surface area contributed by atoms with Gasteiger partial charge in [-0.2, -0.15) is 0 Å². The van der Waals surface area contributed by atoms with Crippen molar-refractivity contribution in [2.45, 2.75) is 13.8 Å². The largest absolute Gasteiger partial charge is 0.496 e. The number of amides is 2. The topological polar surface area (TPSA) is 110 Å². The van der Waals surface area contributed by atoms with Crippen LogP contribution in [0, 0.1) is 16.6 Å². The van der Waals surface area contributed by atoms with Crippen LogP contribution in [0.2, 0.25) is 0 Å². The first-order chi connectivity index (χ1) is 18.7. The highest BCUT2D eigenvalue weighted by Gasteiger charge is 2.30. The fourth-order valence-corrected chi connectivity index (χ4v) is 4.21. The Morgan fingerprint density at radius 3 is 2.33 bits per heavy atom. The molecule has 0 aliphatic heterocycles. The van der Waals surface area contributed by atoms with E-state index in [0.717, 1.165) is 0 Å². The molecule has 1 heterocycles. The Balaban J connectivity index is 2.00. The zero-order valence-corrected chi connectivity index (χ0v) is 22.3.